The molecule has 4 nitrogen and oxygen atoms in total. The van der Waals surface area contributed by atoms with Crippen molar-refractivity contribution in [3.63, 3.8) is 0 Å². The predicted octanol–water partition coefficient (Wildman–Crippen LogP) is 0.358. The molecule has 1 aliphatic rings. The van der Waals surface area contributed by atoms with E-state index >= 15 is 0 Å². The Hall–Kier alpha value is -0.610. The van der Waals surface area contributed by atoms with Gasteiger partial charge in [0.1, 0.15) is 0 Å². The van der Waals surface area contributed by atoms with Crippen molar-refractivity contribution in [1.82, 2.24) is 10.2 Å². The van der Waals surface area contributed by atoms with Gasteiger partial charge in [-0.05, 0) is 33.2 Å². The van der Waals surface area contributed by atoms with Gasteiger partial charge in [0.2, 0.25) is 5.91 Å². The molecule has 0 aliphatic carbocycles. The Labute approximate surface area is 91.6 Å². The van der Waals surface area contributed by atoms with E-state index in [1.807, 2.05) is 13.8 Å². The Morgan fingerprint density at radius 1 is 1.60 bits per heavy atom. The second kappa shape index (κ2) is 4.94. The van der Waals surface area contributed by atoms with Crippen LogP contribution in [0.1, 0.15) is 33.1 Å². The van der Waals surface area contributed by atoms with E-state index < -0.39 is 5.54 Å². The number of aliphatic hydroxyl groups is 1. The monoisotopic (exact) mass is 214 g/mol. The fourth-order valence-electron chi connectivity index (χ4n) is 1.72. The highest BCUT2D eigenvalue weighted by atomic mass is 16.3. The van der Waals surface area contributed by atoms with Gasteiger partial charge in [-0.3, -0.25) is 4.79 Å². The van der Waals surface area contributed by atoms with Crippen LogP contribution in [0, 0.1) is 0 Å². The maximum Gasteiger partial charge on any atom is 0.224 e. The summed E-state index contributed by atoms with van der Waals surface area (Å²) in [5, 5.41) is 12.5. The van der Waals surface area contributed by atoms with E-state index in [0.717, 1.165) is 19.4 Å². The molecule has 1 saturated heterocycles. The summed E-state index contributed by atoms with van der Waals surface area (Å²) < 4.78 is 0. The van der Waals surface area contributed by atoms with Crippen LogP contribution in [-0.4, -0.2) is 47.7 Å². The summed E-state index contributed by atoms with van der Waals surface area (Å²) in [6.45, 7) is 4.75. The van der Waals surface area contributed by atoms with Gasteiger partial charge in [-0.1, -0.05) is 0 Å². The Kier molecular flexibility index (Phi) is 4.11. The van der Waals surface area contributed by atoms with Crippen molar-refractivity contribution in [3.8, 4) is 0 Å². The van der Waals surface area contributed by atoms with Crippen LogP contribution in [0.2, 0.25) is 0 Å². The highest BCUT2D eigenvalue weighted by molar-refractivity contribution is 5.77. The molecule has 1 aliphatic heterocycles. The van der Waals surface area contributed by atoms with Crippen LogP contribution in [0.15, 0.2) is 0 Å². The van der Waals surface area contributed by atoms with Crippen LogP contribution < -0.4 is 5.32 Å². The SMILES string of the molecule is CN(C(=O)CC1CCCN1)C(C)(C)CO. The van der Waals surface area contributed by atoms with Crippen LogP contribution in [0.4, 0.5) is 0 Å². The smallest absolute Gasteiger partial charge is 0.224 e. The zero-order chi connectivity index (χ0) is 11.5. The van der Waals surface area contributed by atoms with Gasteiger partial charge in [-0.25, -0.2) is 0 Å². The van der Waals surface area contributed by atoms with Crippen molar-refractivity contribution in [2.24, 2.45) is 0 Å². The number of hydrogen-bond donors (Lipinski definition) is 2. The molecule has 2 N–H and O–H groups in total. The molecule has 0 saturated carbocycles. The van der Waals surface area contributed by atoms with E-state index in [1.165, 1.54) is 0 Å². The standard InChI is InChI=1S/C11H22N2O2/c1-11(2,8-14)13(3)10(15)7-9-5-4-6-12-9/h9,12,14H,4-8H2,1-3H3. The molecule has 1 heterocycles. The van der Waals surface area contributed by atoms with Crippen LogP contribution in [0.25, 0.3) is 0 Å². The molecule has 0 aromatic rings. The van der Waals surface area contributed by atoms with Gasteiger partial charge in [0, 0.05) is 19.5 Å². The molecule has 0 aromatic heterocycles. The molecule has 1 rings (SSSR count). The molecule has 15 heavy (non-hydrogen) atoms. The first kappa shape index (κ1) is 12.5. The van der Waals surface area contributed by atoms with Crippen molar-refractivity contribution in [2.45, 2.75) is 44.7 Å². The fourth-order valence-corrected chi connectivity index (χ4v) is 1.72. The van der Waals surface area contributed by atoms with E-state index in [1.54, 1.807) is 11.9 Å². The third-order valence-electron chi connectivity index (χ3n) is 3.25. The molecule has 1 fully saturated rings. The van der Waals surface area contributed by atoms with Gasteiger partial charge < -0.3 is 15.3 Å². The Morgan fingerprint density at radius 2 is 2.27 bits per heavy atom. The van der Waals surface area contributed by atoms with Crippen molar-refractivity contribution in [2.75, 3.05) is 20.2 Å². The lowest BCUT2D eigenvalue weighted by atomic mass is 10.0. The number of carbonyl (C=O) groups excluding carboxylic acids is 1. The number of nitrogens with zero attached hydrogens (tertiary/aromatic N) is 1. The van der Waals surface area contributed by atoms with Crippen molar-refractivity contribution >= 4 is 5.91 Å². The molecular weight excluding hydrogens is 192 g/mol. The Morgan fingerprint density at radius 3 is 2.73 bits per heavy atom. The Balaban J connectivity index is 2.45. The van der Waals surface area contributed by atoms with Gasteiger partial charge in [0.15, 0.2) is 0 Å². The van der Waals surface area contributed by atoms with Gasteiger partial charge in [-0.15, -0.1) is 0 Å². The average molecular weight is 214 g/mol. The van der Waals surface area contributed by atoms with Crippen LogP contribution in [-0.2, 0) is 4.79 Å². The highest BCUT2D eigenvalue weighted by Gasteiger charge is 2.28. The van der Waals surface area contributed by atoms with Crippen molar-refractivity contribution < 1.29 is 9.90 Å². The van der Waals surface area contributed by atoms with Gasteiger partial charge in [0.25, 0.3) is 0 Å². The maximum absolute atomic E-state index is 11.9. The number of rotatable bonds is 4. The summed E-state index contributed by atoms with van der Waals surface area (Å²) in [7, 11) is 1.76. The molecule has 0 radical (unpaired) electrons. The van der Waals surface area contributed by atoms with Gasteiger partial charge in [0.05, 0.1) is 12.1 Å². The highest BCUT2D eigenvalue weighted by Crippen LogP contribution is 2.15. The normalized spacial score (nSPS) is 21.7. The maximum atomic E-state index is 11.9. The predicted molar refractivity (Wildman–Crippen MR) is 59.6 cm³/mol. The molecule has 1 amide bonds. The van der Waals surface area contributed by atoms with E-state index in [-0.39, 0.29) is 12.5 Å². The van der Waals surface area contributed by atoms with Crippen molar-refractivity contribution in [3.05, 3.63) is 0 Å². The van der Waals surface area contributed by atoms with Crippen LogP contribution in [0.5, 0.6) is 0 Å². The minimum absolute atomic E-state index is 0.00661. The average Bonchev–Trinajstić information content (AvgIpc) is 2.69. The molecular formula is C11H22N2O2. The van der Waals surface area contributed by atoms with Gasteiger partial charge >= 0.3 is 0 Å². The molecule has 1 atom stereocenters. The third kappa shape index (κ3) is 3.18. The summed E-state index contributed by atoms with van der Waals surface area (Å²) in [4.78, 5) is 13.5. The minimum Gasteiger partial charge on any atom is -0.394 e. The van der Waals surface area contributed by atoms with Crippen molar-refractivity contribution in [1.29, 1.82) is 0 Å². The fraction of sp³-hybridized carbons (Fsp3) is 0.909. The second-order valence-electron chi connectivity index (χ2n) is 4.92. The number of likely N-dealkylation sites (N-methyl/N-ethyl adjacent to an activating group) is 1. The number of carbonyl (C=O) groups is 1. The van der Waals surface area contributed by atoms with Crippen LogP contribution >= 0.6 is 0 Å². The molecule has 88 valence electrons. The van der Waals surface area contributed by atoms with E-state index in [2.05, 4.69) is 5.32 Å². The lowest BCUT2D eigenvalue weighted by Crippen LogP contribution is -2.48. The second-order valence-corrected chi connectivity index (χ2v) is 4.92. The first-order valence-electron chi connectivity index (χ1n) is 5.58. The quantitative estimate of drug-likeness (QED) is 0.710. The van der Waals surface area contributed by atoms with Gasteiger partial charge in [-0.2, -0.15) is 0 Å². The zero-order valence-electron chi connectivity index (χ0n) is 9.92. The Bertz CT molecular complexity index is 223. The summed E-state index contributed by atoms with van der Waals surface area (Å²) in [6, 6.07) is 0.328. The minimum atomic E-state index is -0.463. The van der Waals surface area contributed by atoms with E-state index in [0.29, 0.717) is 12.5 Å². The topological polar surface area (TPSA) is 52.6 Å². The zero-order valence-corrected chi connectivity index (χ0v) is 9.92. The largest absolute Gasteiger partial charge is 0.394 e. The lowest BCUT2D eigenvalue weighted by molar-refractivity contribution is -0.136. The lowest BCUT2D eigenvalue weighted by Gasteiger charge is -2.34. The number of nitrogens with one attached hydrogen (secondary N) is 1. The number of amides is 1. The van der Waals surface area contributed by atoms with Crippen LogP contribution in [0.3, 0.4) is 0 Å². The molecule has 0 aromatic carbocycles. The first-order valence-corrected chi connectivity index (χ1v) is 5.58. The summed E-state index contributed by atoms with van der Waals surface area (Å²) in [5.41, 5.74) is -0.463. The summed E-state index contributed by atoms with van der Waals surface area (Å²) >= 11 is 0. The molecule has 0 spiro atoms. The first-order chi connectivity index (χ1) is 6.97. The molecule has 0 bridgehead atoms. The van der Waals surface area contributed by atoms with E-state index in [9.17, 15) is 4.79 Å². The summed E-state index contributed by atoms with van der Waals surface area (Å²) in [6.07, 6.45) is 2.78. The number of hydrogen-bond acceptors (Lipinski definition) is 3. The number of aliphatic hydroxyl groups excluding tert-OH is 1. The molecule has 4 heteroatoms. The molecule has 1 unspecified atom stereocenters. The third-order valence-corrected chi connectivity index (χ3v) is 3.25. The van der Waals surface area contributed by atoms with E-state index in [4.69, 9.17) is 5.11 Å². The summed E-state index contributed by atoms with van der Waals surface area (Å²) in [5.74, 6) is 0.105.